The highest BCUT2D eigenvalue weighted by Gasteiger charge is 2.46. The lowest BCUT2D eigenvalue weighted by Crippen LogP contribution is -2.43. The van der Waals surface area contributed by atoms with Crippen molar-refractivity contribution < 1.29 is 14.3 Å². The van der Waals surface area contributed by atoms with Gasteiger partial charge < -0.3 is 4.74 Å². The summed E-state index contributed by atoms with van der Waals surface area (Å²) in [5, 5.41) is 0. The third-order valence-electron chi connectivity index (χ3n) is 3.09. The predicted molar refractivity (Wildman–Crippen MR) is 57.3 cm³/mol. The van der Waals surface area contributed by atoms with Crippen LogP contribution in [0.25, 0.3) is 0 Å². The molecule has 0 aromatic carbocycles. The number of rotatable bonds is 3. The summed E-state index contributed by atoms with van der Waals surface area (Å²) in [5.74, 6) is -0.415. The zero-order valence-electron chi connectivity index (χ0n) is 9.41. The number of Topliss-reactive ketones (excluding diaryl/α,β-unsaturated/α-hetero) is 1. The summed E-state index contributed by atoms with van der Waals surface area (Å²) in [7, 11) is 0. The Labute approximate surface area is 90.5 Å². The standard InChI is InChI=1S/C12H18O3/c1-4-8-15-11(14)12(3)7-5-6-9(2)10(12)13/h4,9H,1,5-8H2,2-3H3. The van der Waals surface area contributed by atoms with Crippen molar-refractivity contribution in [2.75, 3.05) is 6.61 Å². The SMILES string of the molecule is C=CCOC(=O)C1(C)CCCC(C)C1=O. The fourth-order valence-corrected chi connectivity index (χ4v) is 2.06. The monoisotopic (exact) mass is 210 g/mol. The van der Waals surface area contributed by atoms with Gasteiger partial charge in [-0.25, -0.2) is 0 Å². The number of hydrogen-bond donors (Lipinski definition) is 0. The smallest absolute Gasteiger partial charge is 0.319 e. The first-order valence-electron chi connectivity index (χ1n) is 5.35. The minimum absolute atomic E-state index is 0.0165. The van der Waals surface area contributed by atoms with Gasteiger partial charge in [-0.05, 0) is 19.8 Å². The van der Waals surface area contributed by atoms with Crippen LogP contribution >= 0.6 is 0 Å². The number of ether oxygens (including phenoxy) is 1. The fraction of sp³-hybridized carbons (Fsp3) is 0.667. The predicted octanol–water partition coefficient (Wildman–Crippen LogP) is 2.11. The molecule has 15 heavy (non-hydrogen) atoms. The third kappa shape index (κ3) is 2.28. The minimum atomic E-state index is -0.930. The van der Waals surface area contributed by atoms with Crippen molar-refractivity contribution in [1.29, 1.82) is 0 Å². The molecule has 1 saturated carbocycles. The second-order valence-corrected chi connectivity index (χ2v) is 4.38. The third-order valence-corrected chi connectivity index (χ3v) is 3.09. The number of carbonyl (C=O) groups is 2. The van der Waals surface area contributed by atoms with E-state index >= 15 is 0 Å². The van der Waals surface area contributed by atoms with Gasteiger partial charge in [-0.2, -0.15) is 0 Å². The van der Waals surface area contributed by atoms with Crippen LogP contribution in [0, 0.1) is 11.3 Å². The summed E-state index contributed by atoms with van der Waals surface area (Å²) in [6, 6.07) is 0. The van der Waals surface area contributed by atoms with Crippen LogP contribution in [0.5, 0.6) is 0 Å². The van der Waals surface area contributed by atoms with Crippen molar-refractivity contribution in [1.82, 2.24) is 0 Å². The van der Waals surface area contributed by atoms with Crippen LogP contribution in [-0.4, -0.2) is 18.4 Å². The molecule has 0 aliphatic heterocycles. The minimum Gasteiger partial charge on any atom is -0.461 e. The molecule has 84 valence electrons. The van der Waals surface area contributed by atoms with Gasteiger partial charge in [0.1, 0.15) is 12.0 Å². The Balaban J connectivity index is 2.75. The maximum absolute atomic E-state index is 11.9. The van der Waals surface area contributed by atoms with Crippen molar-refractivity contribution in [3.05, 3.63) is 12.7 Å². The molecule has 1 fully saturated rings. The first-order valence-corrected chi connectivity index (χ1v) is 5.35. The average molecular weight is 210 g/mol. The Hall–Kier alpha value is -1.12. The highest BCUT2D eigenvalue weighted by molar-refractivity contribution is 6.04. The maximum Gasteiger partial charge on any atom is 0.319 e. The largest absolute Gasteiger partial charge is 0.461 e. The van der Waals surface area contributed by atoms with E-state index in [0.717, 1.165) is 12.8 Å². The van der Waals surface area contributed by atoms with Crippen molar-refractivity contribution in [2.24, 2.45) is 11.3 Å². The van der Waals surface area contributed by atoms with Crippen LogP contribution in [0.3, 0.4) is 0 Å². The summed E-state index contributed by atoms with van der Waals surface area (Å²) >= 11 is 0. The second kappa shape index (κ2) is 4.60. The Morgan fingerprint density at radius 1 is 1.73 bits per heavy atom. The van der Waals surface area contributed by atoms with E-state index in [2.05, 4.69) is 6.58 Å². The molecule has 1 aliphatic carbocycles. The molecular weight excluding hydrogens is 192 g/mol. The molecule has 1 aliphatic rings. The molecule has 0 amide bonds. The summed E-state index contributed by atoms with van der Waals surface area (Å²) in [6.45, 7) is 7.22. The highest BCUT2D eigenvalue weighted by Crippen LogP contribution is 2.36. The molecule has 0 spiro atoms. The van der Waals surface area contributed by atoms with Gasteiger partial charge in [0.05, 0.1) is 0 Å². The van der Waals surface area contributed by atoms with Gasteiger partial charge in [0.25, 0.3) is 0 Å². The molecule has 0 bridgehead atoms. The lowest BCUT2D eigenvalue weighted by molar-refractivity contribution is -0.162. The van der Waals surface area contributed by atoms with E-state index in [1.54, 1.807) is 6.92 Å². The first-order chi connectivity index (χ1) is 7.02. The summed E-state index contributed by atoms with van der Waals surface area (Å²) in [6.07, 6.45) is 3.90. The zero-order valence-corrected chi connectivity index (χ0v) is 9.41. The quantitative estimate of drug-likeness (QED) is 0.407. The van der Waals surface area contributed by atoms with Crippen LogP contribution in [0.4, 0.5) is 0 Å². The average Bonchev–Trinajstić information content (AvgIpc) is 2.22. The van der Waals surface area contributed by atoms with Crippen LogP contribution in [-0.2, 0) is 14.3 Å². The zero-order chi connectivity index (χ0) is 11.5. The Morgan fingerprint density at radius 3 is 3.00 bits per heavy atom. The number of carbonyl (C=O) groups excluding carboxylic acids is 2. The number of esters is 1. The molecule has 0 aromatic rings. The van der Waals surface area contributed by atoms with Crippen molar-refractivity contribution in [2.45, 2.75) is 33.1 Å². The molecule has 3 nitrogen and oxygen atoms in total. The molecule has 0 N–H and O–H groups in total. The normalized spacial score (nSPS) is 31.1. The Kier molecular flexibility index (Phi) is 3.66. The van der Waals surface area contributed by atoms with E-state index in [-0.39, 0.29) is 18.3 Å². The van der Waals surface area contributed by atoms with Crippen molar-refractivity contribution in [3.8, 4) is 0 Å². The number of ketones is 1. The topological polar surface area (TPSA) is 43.4 Å². The molecule has 0 saturated heterocycles. The first kappa shape index (κ1) is 12.0. The number of hydrogen-bond acceptors (Lipinski definition) is 3. The second-order valence-electron chi connectivity index (χ2n) is 4.38. The van der Waals surface area contributed by atoms with E-state index in [4.69, 9.17) is 4.74 Å². The highest BCUT2D eigenvalue weighted by atomic mass is 16.5. The van der Waals surface area contributed by atoms with Crippen LogP contribution in [0.15, 0.2) is 12.7 Å². The summed E-state index contributed by atoms with van der Waals surface area (Å²) in [5.41, 5.74) is -0.930. The molecular formula is C12H18O3. The summed E-state index contributed by atoms with van der Waals surface area (Å²) in [4.78, 5) is 23.7. The lowest BCUT2D eigenvalue weighted by Gasteiger charge is -2.32. The molecule has 2 unspecified atom stereocenters. The van der Waals surface area contributed by atoms with Crippen LogP contribution < -0.4 is 0 Å². The van der Waals surface area contributed by atoms with Gasteiger partial charge in [0, 0.05) is 5.92 Å². The van der Waals surface area contributed by atoms with E-state index in [1.807, 2.05) is 6.92 Å². The van der Waals surface area contributed by atoms with Gasteiger partial charge in [0.2, 0.25) is 0 Å². The van der Waals surface area contributed by atoms with Gasteiger partial charge in [0.15, 0.2) is 5.78 Å². The van der Waals surface area contributed by atoms with E-state index in [0.29, 0.717) is 6.42 Å². The van der Waals surface area contributed by atoms with Gasteiger partial charge in [-0.3, -0.25) is 9.59 Å². The molecule has 3 heteroatoms. The van der Waals surface area contributed by atoms with Gasteiger partial charge in [-0.1, -0.05) is 26.0 Å². The fourth-order valence-electron chi connectivity index (χ4n) is 2.06. The molecule has 0 heterocycles. The maximum atomic E-state index is 11.9. The van der Waals surface area contributed by atoms with E-state index < -0.39 is 11.4 Å². The molecule has 0 aromatic heterocycles. The lowest BCUT2D eigenvalue weighted by atomic mass is 9.70. The van der Waals surface area contributed by atoms with Gasteiger partial charge in [-0.15, -0.1) is 0 Å². The van der Waals surface area contributed by atoms with Crippen LogP contribution in [0.2, 0.25) is 0 Å². The van der Waals surface area contributed by atoms with E-state index in [9.17, 15) is 9.59 Å². The van der Waals surface area contributed by atoms with Gasteiger partial charge >= 0.3 is 5.97 Å². The Morgan fingerprint density at radius 2 is 2.40 bits per heavy atom. The van der Waals surface area contributed by atoms with Crippen molar-refractivity contribution >= 4 is 11.8 Å². The molecule has 2 atom stereocenters. The Bertz CT molecular complexity index is 283. The summed E-state index contributed by atoms with van der Waals surface area (Å²) < 4.78 is 4.97. The van der Waals surface area contributed by atoms with Crippen molar-refractivity contribution in [3.63, 3.8) is 0 Å². The molecule has 0 radical (unpaired) electrons. The molecule has 1 rings (SSSR count). The van der Waals surface area contributed by atoms with Crippen LogP contribution in [0.1, 0.15) is 33.1 Å². The van der Waals surface area contributed by atoms with E-state index in [1.165, 1.54) is 6.08 Å².